The standard InChI is InChI=1S/C17H22N2O2/c20-16(14-5-6-15-13(11-14)7-10-18-15)19-12-17(21)8-3-1-2-4-9-17/h5-7,10-11,18,21H,1-4,8-9,12H2,(H,19,20). The van der Waals surface area contributed by atoms with Gasteiger partial charge in [0.05, 0.1) is 5.60 Å². The first-order valence-electron chi connectivity index (χ1n) is 7.74. The van der Waals surface area contributed by atoms with E-state index in [4.69, 9.17) is 0 Å². The van der Waals surface area contributed by atoms with Crippen LogP contribution < -0.4 is 5.32 Å². The van der Waals surface area contributed by atoms with Crippen molar-refractivity contribution in [3.8, 4) is 0 Å². The Balaban J connectivity index is 1.65. The fourth-order valence-corrected chi connectivity index (χ4v) is 3.10. The number of amides is 1. The lowest BCUT2D eigenvalue weighted by Gasteiger charge is -2.26. The third-order valence-corrected chi connectivity index (χ3v) is 4.43. The number of carbonyl (C=O) groups excluding carboxylic acids is 1. The summed E-state index contributed by atoms with van der Waals surface area (Å²) in [7, 11) is 0. The van der Waals surface area contributed by atoms with Gasteiger partial charge in [0.25, 0.3) is 5.91 Å². The van der Waals surface area contributed by atoms with Gasteiger partial charge in [-0.1, -0.05) is 25.7 Å². The fourth-order valence-electron chi connectivity index (χ4n) is 3.10. The van der Waals surface area contributed by atoms with Crippen LogP contribution in [0.25, 0.3) is 10.9 Å². The molecule has 1 aromatic heterocycles. The van der Waals surface area contributed by atoms with E-state index in [0.29, 0.717) is 12.1 Å². The number of aliphatic hydroxyl groups is 1. The number of hydrogen-bond acceptors (Lipinski definition) is 2. The second-order valence-electron chi connectivity index (χ2n) is 6.10. The monoisotopic (exact) mass is 286 g/mol. The molecule has 0 saturated heterocycles. The molecule has 1 amide bonds. The summed E-state index contributed by atoms with van der Waals surface area (Å²) >= 11 is 0. The Morgan fingerprint density at radius 3 is 2.71 bits per heavy atom. The molecule has 0 atom stereocenters. The topological polar surface area (TPSA) is 65.1 Å². The molecular formula is C17H22N2O2. The van der Waals surface area contributed by atoms with Crippen LogP contribution in [0.15, 0.2) is 30.5 Å². The molecule has 0 spiro atoms. The maximum Gasteiger partial charge on any atom is 0.251 e. The Kier molecular flexibility index (Phi) is 3.97. The molecule has 0 radical (unpaired) electrons. The van der Waals surface area contributed by atoms with Crippen molar-refractivity contribution in [2.45, 2.75) is 44.1 Å². The van der Waals surface area contributed by atoms with Gasteiger partial charge in [-0.25, -0.2) is 0 Å². The summed E-state index contributed by atoms with van der Waals surface area (Å²) in [5, 5.41) is 14.5. The molecule has 1 aromatic carbocycles. The van der Waals surface area contributed by atoms with E-state index < -0.39 is 5.60 Å². The molecule has 112 valence electrons. The molecule has 1 aliphatic carbocycles. The van der Waals surface area contributed by atoms with Crippen LogP contribution in [0.3, 0.4) is 0 Å². The molecule has 1 fully saturated rings. The average molecular weight is 286 g/mol. The minimum absolute atomic E-state index is 0.115. The molecule has 21 heavy (non-hydrogen) atoms. The van der Waals surface area contributed by atoms with E-state index in [9.17, 15) is 9.90 Å². The smallest absolute Gasteiger partial charge is 0.251 e. The number of aromatic nitrogens is 1. The van der Waals surface area contributed by atoms with Crippen LogP contribution in [-0.4, -0.2) is 28.1 Å². The molecule has 3 N–H and O–H groups in total. The third-order valence-electron chi connectivity index (χ3n) is 4.43. The summed E-state index contributed by atoms with van der Waals surface area (Å²) in [6, 6.07) is 7.54. The predicted octanol–water partition coefficient (Wildman–Crippen LogP) is 2.98. The van der Waals surface area contributed by atoms with Gasteiger partial charge in [0.15, 0.2) is 0 Å². The van der Waals surface area contributed by atoms with Crippen LogP contribution in [0.2, 0.25) is 0 Å². The lowest BCUT2D eigenvalue weighted by molar-refractivity contribution is 0.0246. The molecule has 1 saturated carbocycles. The molecule has 0 bridgehead atoms. The Hall–Kier alpha value is -1.81. The Morgan fingerprint density at radius 2 is 1.95 bits per heavy atom. The number of benzene rings is 1. The largest absolute Gasteiger partial charge is 0.388 e. The zero-order chi connectivity index (χ0) is 14.7. The van der Waals surface area contributed by atoms with Gasteiger partial charge in [-0.3, -0.25) is 4.79 Å². The van der Waals surface area contributed by atoms with Crippen molar-refractivity contribution >= 4 is 16.8 Å². The Bertz CT molecular complexity index is 625. The zero-order valence-corrected chi connectivity index (χ0v) is 12.2. The summed E-state index contributed by atoms with van der Waals surface area (Å²) in [4.78, 5) is 15.4. The summed E-state index contributed by atoms with van der Waals surface area (Å²) in [6.45, 7) is 0.344. The maximum atomic E-state index is 12.2. The van der Waals surface area contributed by atoms with Crippen molar-refractivity contribution in [3.63, 3.8) is 0 Å². The van der Waals surface area contributed by atoms with E-state index in [-0.39, 0.29) is 5.91 Å². The van der Waals surface area contributed by atoms with E-state index in [2.05, 4.69) is 10.3 Å². The van der Waals surface area contributed by atoms with Crippen LogP contribution in [-0.2, 0) is 0 Å². The number of aromatic amines is 1. The molecule has 3 rings (SSSR count). The van der Waals surface area contributed by atoms with E-state index in [1.54, 1.807) is 0 Å². The summed E-state index contributed by atoms with van der Waals surface area (Å²) in [5.74, 6) is -0.115. The normalized spacial score (nSPS) is 18.3. The molecule has 0 unspecified atom stereocenters. The minimum atomic E-state index is -0.732. The van der Waals surface area contributed by atoms with E-state index >= 15 is 0 Å². The van der Waals surface area contributed by atoms with Crippen molar-refractivity contribution < 1.29 is 9.90 Å². The van der Waals surface area contributed by atoms with Crippen LogP contribution in [0, 0.1) is 0 Å². The average Bonchev–Trinajstić information content (AvgIpc) is 2.85. The van der Waals surface area contributed by atoms with Crippen LogP contribution in [0.5, 0.6) is 0 Å². The highest BCUT2D eigenvalue weighted by molar-refractivity contribution is 5.98. The molecular weight excluding hydrogens is 264 g/mol. The van der Waals surface area contributed by atoms with Gasteiger partial charge >= 0.3 is 0 Å². The first-order chi connectivity index (χ1) is 10.2. The Labute approximate surface area is 124 Å². The van der Waals surface area contributed by atoms with Crippen molar-refractivity contribution in [1.29, 1.82) is 0 Å². The van der Waals surface area contributed by atoms with Gasteiger partial charge < -0.3 is 15.4 Å². The van der Waals surface area contributed by atoms with Gasteiger partial charge in [0, 0.05) is 29.2 Å². The second kappa shape index (κ2) is 5.90. The molecule has 1 aliphatic rings. The van der Waals surface area contributed by atoms with Gasteiger partial charge in [-0.15, -0.1) is 0 Å². The zero-order valence-electron chi connectivity index (χ0n) is 12.2. The Morgan fingerprint density at radius 1 is 1.19 bits per heavy atom. The first kappa shape index (κ1) is 14.1. The highest BCUT2D eigenvalue weighted by Gasteiger charge is 2.28. The predicted molar refractivity (Wildman–Crippen MR) is 83.3 cm³/mol. The summed E-state index contributed by atoms with van der Waals surface area (Å²) < 4.78 is 0. The number of fused-ring (bicyclic) bond motifs is 1. The van der Waals surface area contributed by atoms with Gasteiger partial charge in [-0.2, -0.15) is 0 Å². The number of rotatable bonds is 3. The lowest BCUT2D eigenvalue weighted by Crippen LogP contribution is -2.42. The van der Waals surface area contributed by atoms with Crippen molar-refractivity contribution in [1.82, 2.24) is 10.3 Å². The lowest BCUT2D eigenvalue weighted by atomic mass is 9.94. The van der Waals surface area contributed by atoms with E-state index in [1.807, 2.05) is 30.5 Å². The molecule has 0 aliphatic heterocycles. The second-order valence-corrected chi connectivity index (χ2v) is 6.10. The minimum Gasteiger partial charge on any atom is -0.388 e. The number of carbonyl (C=O) groups is 1. The highest BCUT2D eigenvalue weighted by atomic mass is 16.3. The number of nitrogens with one attached hydrogen (secondary N) is 2. The van der Waals surface area contributed by atoms with E-state index in [1.165, 1.54) is 12.8 Å². The van der Waals surface area contributed by atoms with Crippen molar-refractivity contribution in [2.24, 2.45) is 0 Å². The third kappa shape index (κ3) is 3.27. The quantitative estimate of drug-likeness (QED) is 0.759. The van der Waals surface area contributed by atoms with E-state index in [0.717, 1.165) is 36.6 Å². The van der Waals surface area contributed by atoms with Crippen molar-refractivity contribution in [2.75, 3.05) is 6.54 Å². The number of H-pyrrole nitrogens is 1. The SMILES string of the molecule is O=C(NCC1(O)CCCCCC1)c1ccc2[nH]ccc2c1. The first-order valence-corrected chi connectivity index (χ1v) is 7.74. The van der Waals surface area contributed by atoms with Gasteiger partial charge in [0.2, 0.25) is 0 Å². The summed E-state index contributed by atoms with van der Waals surface area (Å²) in [6.07, 6.45) is 7.87. The van der Waals surface area contributed by atoms with Crippen LogP contribution in [0.1, 0.15) is 48.9 Å². The van der Waals surface area contributed by atoms with Crippen LogP contribution >= 0.6 is 0 Å². The highest BCUT2D eigenvalue weighted by Crippen LogP contribution is 2.26. The van der Waals surface area contributed by atoms with Crippen molar-refractivity contribution in [3.05, 3.63) is 36.0 Å². The molecule has 4 nitrogen and oxygen atoms in total. The molecule has 1 heterocycles. The fraction of sp³-hybridized carbons (Fsp3) is 0.471. The maximum absolute atomic E-state index is 12.2. The molecule has 2 aromatic rings. The summed E-state index contributed by atoms with van der Waals surface area (Å²) in [5.41, 5.74) is 0.929. The van der Waals surface area contributed by atoms with Gasteiger partial charge in [-0.05, 0) is 37.1 Å². The van der Waals surface area contributed by atoms with Crippen LogP contribution in [0.4, 0.5) is 0 Å². The molecule has 4 heteroatoms. The van der Waals surface area contributed by atoms with Gasteiger partial charge in [0.1, 0.15) is 0 Å². The number of hydrogen-bond donors (Lipinski definition) is 3.